The highest BCUT2D eigenvalue weighted by Crippen LogP contribution is 2.21. The van der Waals surface area contributed by atoms with Gasteiger partial charge in [-0.3, -0.25) is 15.0 Å². The molecule has 0 aliphatic carbocycles. The van der Waals surface area contributed by atoms with E-state index in [2.05, 4.69) is 11.9 Å². The predicted octanol–water partition coefficient (Wildman–Crippen LogP) is 2.78. The predicted molar refractivity (Wildman–Crippen MR) is 85.9 cm³/mol. The first kappa shape index (κ1) is 16.5. The van der Waals surface area contributed by atoms with Crippen LogP contribution < -0.4 is 0 Å². The molecule has 0 amide bonds. The van der Waals surface area contributed by atoms with Crippen LogP contribution in [0.3, 0.4) is 0 Å². The van der Waals surface area contributed by atoms with Gasteiger partial charge in [-0.05, 0) is 19.0 Å². The molecule has 0 saturated heterocycles. The molecule has 1 aromatic heterocycles. The van der Waals surface area contributed by atoms with Crippen LogP contribution in [0.15, 0.2) is 30.5 Å². The Morgan fingerprint density at radius 2 is 2.27 bits per heavy atom. The third kappa shape index (κ3) is 4.33. The van der Waals surface area contributed by atoms with Gasteiger partial charge in [-0.25, -0.2) is 4.98 Å². The summed E-state index contributed by atoms with van der Waals surface area (Å²) < 4.78 is 0. The van der Waals surface area contributed by atoms with Crippen molar-refractivity contribution in [1.29, 1.82) is 0 Å². The summed E-state index contributed by atoms with van der Waals surface area (Å²) in [5.41, 5.74) is 0.543. The standard InChI is InChI=1S/C15H19N3O3S/c1-3-13-8-16-15(22-13)10-17(2)9-14(19)11-5-4-6-12(7-11)18(20)21/h4-8,14,19H,3,9-10H2,1-2H3. The summed E-state index contributed by atoms with van der Waals surface area (Å²) in [5, 5.41) is 22.0. The maximum Gasteiger partial charge on any atom is 0.269 e. The lowest BCUT2D eigenvalue weighted by molar-refractivity contribution is -0.385. The molecule has 2 rings (SSSR count). The van der Waals surface area contributed by atoms with E-state index in [1.807, 2.05) is 18.1 Å². The van der Waals surface area contributed by atoms with Gasteiger partial charge >= 0.3 is 0 Å². The number of nitrogens with zero attached hydrogens (tertiary/aromatic N) is 3. The Hall–Kier alpha value is -1.83. The number of hydrogen-bond donors (Lipinski definition) is 1. The summed E-state index contributed by atoms with van der Waals surface area (Å²) in [6, 6.07) is 6.12. The van der Waals surface area contributed by atoms with Crippen molar-refractivity contribution in [2.24, 2.45) is 0 Å². The van der Waals surface area contributed by atoms with Crippen LogP contribution in [0.1, 0.15) is 28.5 Å². The molecule has 0 fully saturated rings. The van der Waals surface area contributed by atoms with Crippen LogP contribution in [0, 0.1) is 10.1 Å². The summed E-state index contributed by atoms with van der Waals surface area (Å²) >= 11 is 1.67. The van der Waals surface area contributed by atoms with Crippen molar-refractivity contribution in [3.05, 3.63) is 56.0 Å². The number of aromatic nitrogens is 1. The van der Waals surface area contributed by atoms with E-state index in [-0.39, 0.29) is 5.69 Å². The lowest BCUT2D eigenvalue weighted by Gasteiger charge is -2.19. The highest BCUT2D eigenvalue weighted by molar-refractivity contribution is 7.11. The Morgan fingerprint density at radius 1 is 1.50 bits per heavy atom. The van der Waals surface area contributed by atoms with Crippen molar-refractivity contribution in [1.82, 2.24) is 9.88 Å². The Labute approximate surface area is 133 Å². The first-order valence-corrected chi connectivity index (χ1v) is 7.85. The number of thiazole rings is 1. The van der Waals surface area contributed by atoms with Crippen molar-refractivity contribution in [3.8, 4) is 0 Å². The number of non-ortho nitro benzene ring substituents is 1. The molecule has 1 unspecified atom stereocenters. The van der Waals surface area contributed by atoms with Crippen LogP contribution in [-0.4, -0.2) is 33.5 Å². The van der Waals surface area contributed by atoms with Crippen LogP contribution in [0.5, 0.6) is 0 Å². The SMILES string of the molecule is CCc1cnc(CN(C)CC(O)c2cccc([N+](=O)[O-])c2)s1. The Morgan fingerprint density at radius 3 is 2.91 bits per heavy atom. The Kier molecular flexibility index (Phi) is 5.59. The van der Waals surface area contributed by atoms with Crippen LogP contribution in [0.25, 0.3) is 0 Å². The number of aliphatic hydroxyl groups excluding tert-OH is 1. The molecule has 0 saturated carbocycles. The molecule has 0 spiro atoms. The van der Waals surface area contributed by atoms with E-state index >= 15 is 0 Å². The number of aliphatic hydroxyl groups is 1. The normalized spacial score (nSPS) is 12.5. The molecule has 6 nitrogen and oxygen atoms in total. The number of nitro benzene ring substituents is 1. The number of rotatable bonds is 7. The molecule has 2 aromatic rings. The van der Waals surface area contributed by atoms with E-state index < -0.39 is 11.0 Å². The van der Waals surface area contributed by atoms with Crippen molar-refractivity contribution >= 4 is 17.0 Å². The summed E-state index contributed by atoms with van der Waals surface area (Å²) in [7, 11) is 1.90. The molecule has 0 bridgehead atoms. The lowest BCUT2D eigenvalue weighted by Crippen LogP contribution is -2.24. The quantitative estimate of drug-likeness (QED) is 0.626. The van der Waals surface area contributed by atoms with E-state index in [0.29, 0.717) is 18.7 Å². The minimum absolute atomic E-state index is 0.00767. The largest absolute Gasteiger partial charge is 0.387 e. The highest BCUT2D eigenvalue weighted by atomic mass is 32.1. The van der Waals surface area contributed by atoms with Gasteiger partial charge < -0.3 is 5.11 Å². The molecule has 118 valence electrons. The molecule has 1 aromatic carbocycles. The first-order valence-electron chi connectivity index (χ1n) is 7.04. The second kappa shape index (κ2) is 7.44. The van der Waals surface area contributed by atoms with E-state index in [1.165, 1.54) is 17.0 Å². The van der Waals surface area contributed by atoms with Crippen molar-refractivity contribution in [3.63, 3.8) is 0 Å². The van der Waals surface area contributed by atoms with Gasteiger partial charge in [0.15, 0.2) is 0 Å². The van der Waals surface area contributed by atoms with E-state index in [0.717, 1.165) is 11.4 Å². The zero-order valence-corrected chi connectivity index (χ0v) is 13.4. The van der Waals surface area contributed by atoms with E-state index in [9.17, 15) is 15.2 Å². The monoisotopic (exact) mass is 321 g/mol. The second-order valence-corrected chi connectivity index (χ2v) is 6.34. The second-order valence-electron chi connectivity index (χ2n) is 5.14. The number of benzene rings is 1. The van der Waals surface area contributed by atoms with Crippen LogP contribution in [0.4, 0.5) is 5.69 Å². The summed E-state index contributed by atoms with van der Waals surface area (Å²) in [6.07, 6.45) is 2.08. The van der Waals surface area contributed by atoms with Gasteiger partial charge in [0.05, 0.1) is 17.6 Å². The summed E-state index contributed by atoms with van der Waals surface area (Å²) in [5.74, 6) is 0. The fourth-order valence-electron chi connectivity index (χ4n) is 2.13. The maximum absolute atomic E-state index is 10.8. The smallest absolute Gasteiger partial charge is 0.269 e. The molecule has 22 heavy (non-hydrogen) atoms. The van der Waals surface area contributed by atoms with Gasteiger partial charge in [-0.2, -0.15) is 0 Å². The zero-order chi connectivity index (χ0) is 16.1. The van der Waals surface area contributed by atoms with Gasteiger partial charge in [0.25, 0.3) is 5.69 Å². The molecule has 0 aliphatic heterocycles. The number of hydrogen-bond acceptors (Lipinski definition) is 6. The number of aryl methyl sites for hydroxylation is 1. The Bertz CT molecular complexity index is 644. The summed E-state index contributed by atoms with van der Waals surface area (Å²) in [4.78, 5) is 17.9. The molecule has 0 radical (unpaired) electrons. The third-order valence-corrected chi connectivity index (χ3v) is 4.43. The van der Waals surface area contributed by atoms with Gasteiger partial charge in [0.1, 0.15) is 5.01 Å². The first-order chi connectivity index (χ1) is 10.5. The lowest BCUT2D eigenvalue weighted by atomic mass is 10.1. The molecule has 1 heterocycles. The zero-order valence-electron chi connectivity index (χ0n) is 12.6. The molecular weight excluding hydrogens is 302 g/mol. The van der Waals surface area contributed by atoms with Crippen LogP contribution in [0.2, 0.25) is 0 Å². The molecule has 1 N–H and O–H groups in total. The maximum atomic E-state index is 10.8. The highest BCUT2D eigenvalue weighted by Gasteiger charge is 2.15. The van der Waals surface area contributed by atoms with Crippen LogP contribution >= 0.6 is 11.3 Å². The van der Waals surface area contributed by atoms with Crippen molar-refractivity contribution < 1.29 is 10.0 Å². The molecule has 1 atom stereocenters. The molecular formula is C15H19N3O3S. The van der Waals surface area contributed by atoms with Gasteiger partial charge in [-0.15, -0.1) is 11.3 Å². The molecule has 0 aliphatic rings. The minimum atomic E-state index is -0.768. The summed E-state index contributed by atoms with van der Waals surface area (Å²) in [6.45, 7) is 3.13. The average Bonchev–Trinajstić information content (AvgIpc) is 2.94. The fraction of sp³-hybridized carbons (Fsp3) is 0.400. The minimum Gasteiger partial charge on any atom is -0.387 e. The van der Waals surface area contributed by atoms with E-state index in [1.54, 1.807) is 23.5 Å². The average molecular weight is 321 g/mol. The molecule has 7 heteroatoms. The van der Waals surface area contributed by atoms with Gasteiger partial charge in [0, 0.05) is 29.8 Å². The Balaban J connectivity index is 1.97. The van der Waals surface area contributed by atoms with Gasteiger partial charge in [-0.1, -0.05) is 19.1 Å². The van der Waals surface area contributed by atoms with Crippen molar-refractivity contribution in [2.75, 3.05) is 13.6 Å². The fourth-order valence-corrected chi connectivity index (χ4v) is 3.07. The third-order valence-electron chi connectivity index (χ3n) is 3.31. The van der Waals surface area contributed by atoms with Crippen molar-refractivity contribution in [2.45, 2.75) is 26.0 Å². The van der Waals surface area contributed by atoms with Gasteiger partial charge in [0.2, 0.25) is 0 Å². The number of likely N-dealkylation sites (N-methyl/N-ethyl adjacent to an activating group) is 1. The topological polar surface area (TPSA) is 79.5 Å². The van der Waals surface area contributed by atoms with Crippen LogP contribution in [-0.2, 0) is 13.0 Å². The number of nitro groups is 1. The van der Waals surface area contributed by atoms with E-state index in [4.69, 9.17) is 0 Å².